The first-order valence-corrected chi connectivity index (χ1v) is 7.25. The average molecular weight is 270 g/mol. The summed E-state index contributed by atoms with van der Waals surface area (Å²) in [4.78, 5) is 26.5. The van der Waals surface area contributed by atoms with Crippen LogP contribution in [0.4, 0.5) is 4.39 Å². The number of nitrogens with one attached hydrogen (secondary N) is 1. The van der Waals surface area contributed by atoms with Crippen molar-refractivity contribution in [1.82, 2.24) is 10.2 Å². The predicted molar refractivity (Wildman–Crippen MR) is 70.3 cm³/mol. The van der Waals surface area contributed by atoms with Crippen molar-refractivity contribution in [2.75, 3.05) is 13.2 Å². The number of halogens is 1. The van der Waals surface area contributed by atoms with E-state index in [0.29, 0.717) is 12.8 Å². The minimum Gasteiger partial charge on any atom is -0.342 e. The van der Waals surface area contributed by atoms with E-state index in [4.69, 9.17) is 0 Å². The molecule has 2 atom stereocenters. The zero-order valence-corrected chi connectivity index (χ0v) is 11.7. The SMILES string of the molecule is CCC(C)C1NC(=O)C2(CCCC2)N(CCF)C1=O. The maximum Gasteiger partial charge on any atom is 0.246 e. The van der Waals surface area contributed by atoms with E-state index in [9.17, 15) is 14.0 Å². The van der Waals surface area contributed by atoms with Crippen molar-refractivity contribution in [2.24, 2.45) is 5.92 Å². The number of rotatable bonds is 4. The zero-order chi connectivity index (χ0) is 14.0. The molecule has 0 radical (unpaired) electrons. The van der Waals surface area contributed by atoms with Gasteiger partial charge in [0.2, 0.25) is 11.8 Å². The lowest BCUT2D eigenvalue weighted by Gasteiger charge is -2.47. The van der Waals surface area contributed by atoms with Gasteiger partial charge in [-0.1, -0.05) is 33.1 Å². The van der Waals surface area contributed by atoms with Gasteiger partial charge in [-0.05, 0) is 18.8 Å². The second kappa shape index (κ2) is 5.47. The lowest BCUT2D eigenvalue weighted by molar-refractivity contribution is -0.159. The zero-order valence-electron chi connectivity index (χ0n) is 11.7. The van der Waals surface area contributed by atoms with E-state index >= 15 is 0 Å². The molecule has 1 spiro atoms. The van der Waals surface area contributed by atoms with Gasteiger partial charge in [0.05, 0.1) is 6.54 Å². The van der Waals surface area contributed by atoms with E-state index in [-0.39, 0.29) is 24.3 Å². The number of carbonyl (C=O) groups is 2. The highest BCUT2D eigenvalue weighted by molar-refractivity contribution is 6.00. The molecule has 2 rings (SSSR count). The van der Waals surface area contributed by atoms with Gasteiger partial charge >= 0.3 is 0 Å². The van der Waals surface area contributed by atoms with Crippen LogP contribution in [0.3, 0.4) is 0 Å². The number of hydrogen-bond donors (Lipinski definition) is 1. The summed E-state index contributed by atoms with van der Waals surface area (Å²) in [6.07, 6.45) is 4.00. The topological polar surface area (TPSA) is 49.4 Å². The molecular formula is C14H23FN2O2. The standard InChI is InChI=1S/C14H23FN2O2/c1-3-10(2)11-12(18)17(9-8-15)14(13(19)16-11)6-4-5-7-14/h10-11H,3-9H2,1-2H3,(H,16,19). The molecule has 2 fully saturated rings. The number of alkyl halides is 1. The fourth-order valence-corrected chi connectivity index (χ4v) is 3.33. The van der Waals surface area contributed by atoms with Gasteiger partial charge in [-0.15, -0.1) is 0 Å². The van der Waals surface area contributed by atoms with Crippen LogP contribution in [0.25, 0.3) is 0 Å². The molecule has 1 aliphatic heterocycles. The normalized spacial score (nSPS) is 27.7. The minimum atomic E-state index is -0.771. The summed E-state index contributed by atoms with van der Waals surface area (Å²) in [5, 5.41) is 2.89. The van der Waals surface area contributed by atoms with Crippen LogP contribution in [0.1, 0.15) is 46.0 Å². The number of carbonyl (C=O) groups excluding carboxylic acids is 2. The summed E-state index contributed by atoms with van der Waals surface area (Å²) in [5.74, 6) is -0.103. The van der Waals surface area contributed by atoms with Gasteiger partial charge in [0, 0.05) is 0 Å². The molecule has 5 heteroatoms. The van der Waals surface area contributed by atoms with Crippen LogP contribution in [0.5, 0.6) is 0 Å². The van der Waals surface area contributed by atoms with E-state index < -0.39 is 18.3 Å². The highest BCUT2D eigenvalue weighted by atomic mass is 19.1. The van der Waals surface area contributed by atoms with Crippen molar-refractivity contribution in [2.45, 2.75) is 57.5 Å². The largest absolute Gasteiger partial charge is 0.342 e. The molecule has 1 heterocycles. The van der Waals surface area contributed by atoms with Crippen molar-refractivity contribution in [1.29, 1.82) is 0 Å². The van der Waals surface area contributed by atoms with Crippen LogP contribution in [0, 0.1) is 5.92 Å². The first-order chi connectivity index (χ1) is 9.06. The van der Waals surface area contributed by atoms with Gasteiger partial charge in [0.15, 0.2) is 0 Å². The van der Waals surface area contributed by atoms with E-state index in [2.05, 4.69) is 5.32 Å². The fourth-order valence-electron chi connectivity index (χ4n) is 3.33. The van der Waals surface area contributed by atoms with Crippen LogP contribution in [0.2, 0.25) is 0 Å². The Kier molecular flexibility index (Phi) is 4.11. The molecule has 0 bridgehead atoms. The predicted octanol–water partition coefficient (Wildman–Crippen LogP) is 1.64. The highest BCUT2D eigenvalue weighted by Gasteiger charge is 2.54. The molecule has 1 aliphatic carbocycles. The Morgan fingerprint density at radius 3 is 2.58 bits per heavy atom. The van der Waals surface area contributed by atoms with Crippen molar-refractivity contribution >= 4 is 11.8 Å². The molecule has 0 aromatic carbocycles. The number of piperazine rings is 1. The lowest BCUT2D eigenvalue weighted by atomic mass is 9.86. The number of hydrogen-bond acceptors (Lipinski definition) is 2. The Morgan fingerprint density at radius 1 is 1.42 bits per heavy atom. The second-order valence-corrected chi connectivity index (χ2v) is 5.75. The Labute approximate surface area is 113 Å². The van der Waals surface area contributed by atoms with Crippen LogP contribution in [-0.2, 0) is 9.59 Å². The van der Waals surface area contributed by atoms with E-state index in [1.807, 2.05) is 13.8 Å². The molecule has 0 aromatic rings. The van der Waals surface area contributed by atoms with Crippen molar-refractivity contribution in [3.05, 3.63) is 0 Å². The highest BCUT2D eigenvalue weighted by Crippen LogP contribution is 2.38. The van der Waals surface area contributed by atoms with Gasteiger partial charge in [-0.3, -0.25) is 9.59 Å². The van der Waals surface area contributed by atoms with Crippen LogP contribution >= 0.6 is 0 Å². The summed E-state index contributed by atoms with van der Waals surface area (Å²) in [7, 11) is 0. The van der Waals surface area contributed by atoms with Crippen LogP contribution in [-0.4, -0.2) is 41.5 Å². The smallest absolute Gasteiger partial charge is 0.246 e. The fraction of sp³-hybridized carbons (Fsp3) is 0.857. The van der Waals surface area contributed by atoms with Gasteiger partial charge in [-0.2, -0.15) is 0 Å². The molecule has 2 amide bonds. The van der Waals surface area contributed by atoms with Crippen LogP contribution < -0.4 is 5.32 Å². The summed E-state index contributed by atoms with van der Waals surface area (Å²) in [5.41, 5.74) is -0.771. The van der Waals surface area contributed by atoms with Crippen molar-refractivity contribution in [3.63, 3.8) is 0 Å². The minimum absolute atomic E-state index is 0.0409. The van der Waals surface area contributed by atoms with Crippen molar-refractivity contribution < 1.29 is 14.0 Å². The molecule has 4 nitrogen and oxygen atoms in total. The Morgan fingerprint density at radius 2 is 2.05 bits per heavy atom. The third kappa shape index (κ3) is 2.23. The Bertz CT molecular complexity index is 366. The molecule has 0 aromatic heterocycles. The molecular weight excluding hydrogens is 247 g/mol. The third-order valence-electron chi connectivity index (χ3n) is 4.71. The van der Waals surface area contributed by atoms with Crippen LogP contribution in [0.15, 0.2) is 0 Å². The molecule has 2 unspecified atom stereocenters. The molecule has 1 N–H and O–H groups in total. The maximum atomic E-state index is 12.8. The summed E-state index contributed by atoms with van der Waals surface area (Å²) in [6, 6.07) is -0.490. The van der Waals surface area contributed by atoms with Gasteiger partial charge in [0.25, 0.3) is 0 Å². The monoisotopic (exact) mass is 270 g/mol. The number of amides is 2. The Hall–Kier alpha value is -1.13. The molecule has 108 valence electrons. The van der Waals surface area contributed by atoms with Crippen molar-refractivity contribution in [3.8, 4) is 0 Å². The lowest BCUT2D eigenvalue weighted by Crippen LogP contribution is -2.71. The quantitative estimate of drug-likeness (QED) is 0.844. The first-order valence-electron chi connectivity index (χ1n) is 7.25. The average Bonchev–Trinajstić information content (AvgIpc) is 2.89. The number of nitrogens with zero attached hydrogens (tertiary/aromatic N) is 1. The van der Waals surface area contributed by atoms with E-state index in [0.717, 1.165) is 19.3 Å². The van der Waals surface area contributed by atoms with Gasteiger partial charge in [0.1, 0.15) is 18.3 Å². The molecule has 2 aliphatic rings. The third-order valence-corrected chi connectivity index (χ3v) is 4.71. The van der Waals surface area contributed by atoms with Gasteiger partial charge in [-0.25, -0.2) is 4.39 Å². The van der Waals surface area contributed by atoms with E-state index in [1.54, 1.807) is 0 Å². The molecule has 19 heavy (non-hydrogen) atoms. The summed E-state index contributed by atoms with van der Waals surface area (Å²) < 4.78 is 12.8. The van der Waals surface area contributed by atoms with E-state index in [1.165, 1.54) is 4.90 Å². The molecule has 1 saturated carbocycles. The second-order valence-electron chi connectivity index (χ2n) is 5.75. The maximum absolute atomic E-state index is 12.8. The molecule has 1 saturated heterocycles. The summed E-state index contributed by atoms with van der Waals surface area (Å²) in [6.45, 7) is 3.39. The van der Waals surface area contributed by atoms with Gasteiger partial charge < -0.3 is 10.2 Å². The Balaban J connectivity index is 2.29. The first kappa shape index (κ1) is 14.3. The summed E-state index contributed by atoms with van der Waals surface area (Å²) >= 11 is 0.